The number of phenolic OH excluding ortho intramolecular Hbond substituents is 1. The van der Waals surface area contributed by atoms with Crippen LogP contribution in [0.3, 0.4) is 0 Å². The van der Waals surface area contributed by atoms with Gasteiger partial charge in [-0.25, -0.2) is 0 Å². The van der Waals surface area contributed by atoms with Crippen molar-refractivity contribution >= 4 is 23.1 Å². The number of carbonyl (C=O) groups excluding carboxylic acids is 1. The summed E-state index contributed by atoms with van der Waals surface area (Å²) >= 11 is 5.71. The van der Waals surface area contributed by atoms with E-state index in [0.29, 0.717) is 10.6 Å². The predicted molar refractivity (Wildman–Crippen MR) is 69.6 cm³/mol. The van der Waals surface area contributed by atoms with Crippen LogP contribution in [0.5, 0.6) is 5.75 Å². The van der Waals surface area contributed by atoms with Gasteiger partial charge in [-0.2, -0.15) is 0 Å². The molecule has 5 nitrogen and oxygen atoms in total. The second-order valence-corrected chi connectivity index (χ2v) is 4.23. The number of halogens is 1. The van der Waals surface area contributed by atoms with E-state index in [1.165, 1.54) is 24.3 Å². The van der Waals surface area contributed by atoms with Gasteiger partial charge in [-0.3, -0.25) is 14.9 Å². The van der Waals surface area contributed by atoms with E-state index in [9.17, 15) is 20.0 Å². The molecule has 0 spiro atoms. The van der Waals surface area contributed by atoms with Crippen molar-refractivity contribution in [3.63, 3.8) is 0 Å². The van der Waals surface area contributed by atoms with Gasteiger partial charge < -0.3 is 5.11 Å². The average Bonchev–Trinajstić information content (AvgIpc) is 2.39. The van der Waals surface area contributed by atoms with Crippen LogP contribution in [0.4, 0.5) is 5.69 Å². The van der Waals surface area contributed by atoms with Crippen molar-refractivity contribution in [1.82, 2.24) is 0 Å². The van der Waals surface area contributed by atoms with E-state index in [0.717, 1.165) is 18.2 Å². The van der Waals surface area contributed by atoms with Gasteiger partial charge in [-0.15, -0.1) is 0 Å². The highest BCUT2D eigenvalue weighted by molar-refractivity contribution is 6.30. The highest BCUT2D eigenvalue weighted by atomic mass is 35.5. The summed E-state index contributed by atoms with van der Waals surface area (Å²) in [6.45, 7) is 0. The third kappa shape index (κ3) is 2.71. The molecule has 0 saturated carbocycles. The molecule has 0 bridgehead atoms. The average molecular weight is 278 g/mol. The van der Waals surface area contributed by atoms with E-state index in [2.05, 4.69) is 0 Å². The molecular formula is C13H8ClNO4. The van der Waals surface area contributed by atoms with Crippen LogP contribution in [0.25, 0.3) is 0 Å². The number of benzene rings is 2. The van der Waals surface area contributed by atoms with Crippen LogP contribution in [0.2, 0.25) is 5.02 Å². The molecule has 0 aromatic heterocycles. The molecule has 19 heavy (non-hydrogen) atoms. The van der Waals surface area contributed by atoms with Crippen LogP contribution in [0.15, 0.2) is 42.5 Å². The first-order chi connectivity index (χ1) is 8.99. The summed E-state index contributed by atoms with van der Waals surface area (Å²) in [6, 6.07) is 9.35. The third-order valence-electron chi connectivity index (χ3n) is 2.54. The lowest BCUT2D eigenvalue weighted by Crippen LogP contribution is -2.02. The Labute approximate surface area is 113 Å². The van der Waals surface area contributed by atoms with E-state index in [1.54, 1.807) is 0 Å². The van der Waals surface area contributed by atoms with Crippen LogP contribution in [-0.4, -0.2) is 15.8 Å². The molecule has 96 valence electrons. The molecule has 0 heterocycles. The van der Waals surface area contributed by atoms with Crippen molar-refractivity contribution in [1.29, 1.82) is 0 Å². The van der Waals surface area contributed by atoms with Gasteiger partial charge in [0, 0.05) is 22.7 Å². The highest BCUT2D eigenvalue weighted by Crippen LogP contribution is 2.25. The number of nitrogens with zero attached hydrogens (tertiary/aromatic N) is 1. The van der Waals surface area contributed by atoms with Gasteiger partial charge in [0.2, 0.25) is 0 Å². The fourth-order valence-electron chi connectivity index (χ4n) is 1.58. The second kappa shape index (κ2) is 5.07. The van der Waals surface area contributed by atoms with E-state index in [4.69, 9.17) is 11.6 Å². The Hall–Kier alpha value is -2.40. The molecule has 6 heteroatoms. The van der Waals surface area contributed by atoms with Gasteiger partial charge in [-0.05, 0) is 30.3 Å². The van der Waals surface area contributed by atoms with Crippen molar-refractivity contribution < 1.29 is 14.8 Å². The molecule has 2 aromatic carbocycles. The summed E-state index contributed by atoms with van der Waals surface area (Å²) in [5, 5.41) is 20.8. The lowest BCUT2D eigenvalue weighted by Gasteiger charge is -2.04. The fraction of sp³-hybridized carbons (Fsp3) is 0. The van der Waals surface area contributed by atoms with E-state index in [-0.39, 0.29) is 17.0 Å². The van der Waals surface area contributed by atoms with Crippen LogP contribution >= 0.6 is 11.6 Å². The van der Waals surface area contributed by atoms with Crippen molar-refractivity contribution in [3.8, 4) is 5.75 Å². The Morgan fingerprint density at radius 3 is 2.37 bits per heavy atom. The summed E-state index contributed by atoms with van der Waals surface area (Å²) in [5.74, 6) is -0.802. The van der Waals surface area contributed by atoms with Gasteiger partial charge in [0.25, 0.3) is 5.69 Å². The summed E-state index contributed by atoms with van der Waals surface area (Å²) in [7, 11) is 0. The maximum absolute atomic E-state index is 12.1. The SMILES string of the molecule is O=C(c1ccc(Cl)cc1)c1cc([N+](=O)[O-])ccc1O. The van der Waals surface area contributed by atoms with E-state index in [1.807, 2.05) is 0 Å². The number of nitro groups is 1. The Balaban J connectivity index is 2.46. The first kappa shape index (κ1) is 13.0. The number of hydrogen-bond donors (Lipinski definition) is 1. The number of rotatable bonds is 3. The first-order valence-corrected chi connectivity index (χ1v) is 5.64. The van der Waals surface area contributed by atoms with Crippen LogP contribution < -0.4 is 0 Å². The van der Waals surface area contributed by atoms with Crippen LogP contribution in [0, 0.1) is 10.1 Å². The van der Waals surface area contributed by atoms with Gasteiger partial charge >= 0.3 is 0 Å². The number of aromatic hydroxyl groups is 1. The molecule has 0 amide bonds. The summed E-state index contributed by atoms with van der Waals surface area (Å²) in [5.41, 5.74) is -0.0770. The molecule has 0 aliphatic rings. The maximum Gasteiger partial charge on any atom is 0.270 e. The lowest BCUT2D eigenvalue weighted by atomic mass is 10.0. The lowest BCUT2D eigenvalue weighted by molar-refractivity contribution is -0.384. The maximum atomic E-state index is 12.1. The smallest absolute Gasteiger partial charge is 0.270 e. The zero-order valence-corrected chi connectivity index (χ0v) is 10.3. The van der Waals surface area contributed by atoms with Gasteiger partial charge in [0.05, 0.1) is 10.5 Å². The zero-order chi connectivity index (χ0) is 14.0. The topological polar surface area (TPSA) is 80.4 Å². The third-order valence-corrected chi connectivity index (χ3v) is 2.79. The monoisotopic (exact) mass is 277 g/mol. The molecule has 0 unspecified atom stereocenters. The van der Waals surface area contributed by atoms with Crippen molar-refractivity contribution in [3.05, 3.63) is 68.7 Å². The molecule has 0 aliphatic heterocycles. The molecule has 2 rings (SSSR count). The molecule has 1 N–H and O–H groups in total. The highest BCUT2D eigenvalue weighted by Gasteiger charge is 2.17. The zero-order valence-electron chi connectivity index (χ0n) is 9.54. The number of phenols is 1. The molecule has 0 aliphatic carbocycles. The van der Waals surface area contributed by atoms with E-state index >= 15 is 0 Å². The molecule has 2 aromatic rings. The summed E-state index contributed by atoms with van der Waals surface area (Å²) in [6.07, 6.45) is 0. The quantitative estimate of drug-likeness (QED) is 0.531. The van der Waals surface area contributed by atoms with Crippen LogP contribution in [-0.2, 0) is 0 Å². The number of nitro benzene ring substituents is 1. The fourth-order valence-corrected chi connectivity index (χ4v) is 1.70. The number of carbonyl (C=O) groups is 1. The Morgan fingerprint density at radius 2 is 1.79 bits per heavy atom. The van der Waals surface area contributed by atoms with Gasteiger partial charge in [-0.1, -0.05) is 11.6 Å². The predicted octanol–water partition coefficient (Wildman–Crippen LogP) is 3.18. The van der Waals surface area contributed by atoms with Gasteiger partial charge in [0.15, 0.2) is 5.78 Å². The molecular weight excluding hydrogens is 270 g/mol. The second-order valence-electron chi connectivity index (χ2n) is 3.79. The Morgan fingerprint density at radius 1 is 1.16 bits per heavy atom. The minimum atomic E-state index is -0.627. The Kier molecular flexibility index (Phi) is 3.48. The largest absolute Gasteiger partial charge is 0.507 e. The first-order valence-electron chi connectivity index (χ1n) is 5.26. The van der Waals surface area contributed by atoms with E-state index < -0.39 is 10.7 Å². The Bertz CT molecular complexity index is 652. The minimum absolute atomic E-state index is 0.114. The van der Waals surface area contributed by atoms with Crippen molar-refractivity contribution in [2.75, 3.05) is 0 Å². The van der Waals surface area contributed by atoms with Crippen molar-refractivity contribution in [2.45, 2.75) is 0 Å². The minimum Gasteiger partial charge on any atom is -0.507 e. The molecule has 0 atom stereocenters. The number of non-ortho nitro benzene ring substituents is 1. The van der Waals surface area contributed by atoms with Crippen LogP contribution in [0.1, 0.15) is 15.9 Å². The van der Waals surface area contributed by atoms with Crippen molar-refractivity contribution in [2.24, 2.45) is 0 Å². The van der Waals surface area contributed by atoms with Gasteiger partial charge in [0.1, 0.15) is 5.75 Å². The standard InChI is InChI=1S/C13H8ClNO4/c14-9-3-1-8(2-4-9)13(17)11-7-10(15(18)19)5-6-12(11)16/h1-7,16H. The number of ketones is 1. The molecule has 0 fully saturated rings. The molecule has 0 radical (unpaired) electrons. The number of hydrogen-bond acceptors (Lipinski definition) is 4. The normalized spacial score (nSPS) is 10.2. The summed E-state index contributed by atoms with van der Waals surface area (Å²) < 4.78 is 0. The summed E-state index contributed by atoms with van der Waals surface area (Å²) in [4.78, 5) is 22.2. The molecule has 0 saturated heterocycles.